The number of hydrogen-bond acceptors (Lipinski definition) is 5. The first-order valence-electron chi connectivity index (χ1n) is 8.68. The number of hydrogen-bond donors (Lipinski definition) is 0. The molecular weight excluding hydrogens is 314 g/mol. The molecule has 130 valence electrons. The molecule has 3 heterocycles. The molecule has 3 fully saturated rings. The summed E-state index contributed by atoms with van der Waals surface area (Å²) >= 11 is 1.91. The van der Waals surface area contributed by atoms with E-state index in [9.17, 15) is 9.59 Å². The molecule has 0 aromatic rings. The van der Waals surface area contributed by atoms with Crippen molar-refractivity contribution in [1.29, 1.82) is 0 Å². The molecule has 3 aliphatic heterocycles. The number of ether oxygens (including phenoxy) is 1. The topological polar surface area (TPSA) is 53.1 Å². The third-order valence-electron chi connectivity index (χ3n) is 4.96. The van der Waals surface area contributed by atoms with Crippen LogP contribution < -0.4 is 0 Å². The van der Waals surface area contributed by atoms with Crippen LogP contribution in [0.1, 0.15) is 12.8 Å². The molecule has 0 bridgehead atoms. The lowest BCUT2D eigenvalue weighted by Gasteiger charge is -2.37. The van der Waals surface area contributed by atoms with Crippen molar-refractivity contribution in [3.05, 3.63) is 0 Å². The summed E-state index contributed by atoms with van der Waals surface area (Å²) in [6.45, 7) is 7.39. The molecule has 3 rings (SSSR count). The van der Waals surface area contributed by atoms with Crippen molar-refractivity contribution in [2.24, 2.45) is 5.92 Å². The van der Waals surface area contributed by atoms with Crippen LogP contribution in [-0.4, -0.2) is 97.0 Å². The van der Waals surface area contributed by atoms with E-state index in [0.717, 1.165) is 70.4 Å². The maximum absolute atomic E-state index is 12.7. The van der Waals surface area contributed by atoms with Crippen molar-refractivity contribution in [2.45, 2.75) is 12.8 Å². The van der Waals surface area contributed by atoms with E-state index in [1.807, 2.05) is 21.6 Å². The highest BCUT2D eigenvalue weighted by atomic mass is 32.2. The van der Waals surface area contributed by atoms with E-state index in [1.54, 1.807) is 0 Å². The molecule has 1 atom stereocenters. The first kappa shape index (κ1) is 17.0. The molecule has 0 aliphatic carbocycles. The summed E-state index contributed by atoms with van der Waals surface area (Å²) in [6.07, 6.45) is 1.23. The summed E-state index contributed by atoms with van der Waals surface area (Å²) in [5, 5.41) is 0. The number of carbonyl (C=O) groups is 2. The Morgan fingerprint density at radius 3 is 2.61 bits per heavy atom. The summed E-state index contributed by atoms with van der Waals surface area (Å²) in [5.74, 6) is 2.54. The van der Waals surface area contributed by atoms with Gasteiger partial charge in [0, 0.05) is 63.7 Å². The lowest BCUT2D eigenvalue weighted by Crippen LogP contribution is -2.50. The maximum Gasteiger partial charge on any atom is 0.227 e. The molecule has 2 amide bonds. The molecule has 1 unspecified atom stereocenters. The van der Waals surface area contributed by atoms with Crippen LogP contribution in [0.15, 0.2) is 0 Å². The van der Waals surface area contributed by atoms with Crippen LogP contribution in [0.4, 0.5) is 0 Å². The van der Waals surface area contributed by atoms with Crippen LogP contribution >= 0.6 is 11.8 Å². The SMILES string of the molecule is O=C1CCC(C(=O)N2CCSCC2)CN1CCN1CCOCC1. The minimum absolute atomic E-state index is 0.000453. The quantitative estimate of drug-likeness (QED) is 0.728. The fourth-order valence-electron chi connectivity index (χ4n) is 3.46. The van der Waals surface area contributed by atoms with E-state index in [-0.39, 0.29) is 17.7 Å². The van der Waals surface area contributed by atoms with Crippen LogP contribution in [-0.2, 0) is 14.3 Å². The number of nitrogens with zero attached hydrogens (tertiary/aromatic N) is 3. The molecule has 3 saturated heterocycles. The molecule has 7 heteroatoms. The van der Waals surface area contributed by atoms with E-state index in [1.165, 1.54) is 0 Å². The van der Waals surface area contributed by atoms with Gasteiger partial charge in [0.25, 0.3) is 0 Å². The molecule has 0 aromatic heterocycles. The highest BCUT2D eigenvalue weighted by Crippen LogP contribution is 2.21. The first-order valence-corrected chi connectivity index (χ1v) is 9.84. The highest BCUT2D eigenvalue weighted by molar-refractivity contribution is 7.99. The maximum atomic E-state index is 12.7. The zero-order valence-corrected chi connectivity index (χ0v) is 14.6. The predicted octanol–water partition coefficient (Wildman–Crippen LogP) is 0.133. The third kappa shape index (κ3) is 4.61. The van der Waals surface area contributed by atoms with E-state index in [4.69, 9.17) is 4.74 Å². The summed E-state index contributed by atoms with van der Waals surface area (Å²) in [6, 6.07) is 0. The van der Waals surface area contributed by atoms with E-state index < -0.39 is 0 Å². The Morgan fingerprint density at radius 1 is 1.13 bits per heavy atom. The molecule has 0 saturated carbocycles. The Hall–Kier alpha value is -0.790. The zero-order chi connectivity index (χ0) is 16.1. The van der Waals surface area contributed by atoms with Crippen molar-refractivity contribution in [2.75, 3.05) is 70.5 Å². The molecule has 3 aliphatic rings. The Bertz CT molecular complexity index is 423. The fraction of sp³-hybridized carbons (Fsp3) is 0.875. The number of piperidine rings is 1. The van der Waals surface area contributed by atoms with Crippen LogP contribution in [0.25, 0.3) is 0 Å². The van der Waals surface area contributed by atoms with Gasteiger partial charge in [-0.25, -0.2) is 0 Å². The van der Waals surface area contributed by atoms with E-state index in [0.29, 0.717) is 13.0 Å². The predicted molar refractivity (Wildman–Crippen MR) is 90.5 cm³/mol. The van der Waals surface area contributed by atoms with Crippen molar-refractivity contribution in [3.8, 4) is 0 Å². The van der Waals surface area contributed by atoms with Gasteiger partial charge in [-0.3, -0.25) is 14.5 Å². The fourth-order valence-corrected chi connectivity index (χ4v) is 4.36. The smallest absolute Gasteiger partial charge is 0.227 e. The summed E-state index contributed by atoms with van der Waals surface area (Å²) in [4.78, 5) is 31.1. The molecular formula is C16H27N3O3S. The summed E-state index contributed by atoms with van der Waals surface area (Å²) in [5.41, 5.74) is 0. The van der Waals surface area contributed by atoms with Gasteiger partial charge in [-0.2, -0.15) is 11.8 Å². The van der Waals surface area contributed by atoms with Crippen molar-refractivity contribution >= 4 is 23.6 Å². The van der Waals surface area contributed by atoms with Crippen LogP contribution in [0, 0.1) is 5.92 Å². The lowest BCUT2D eigenvalue weighted by atomic mass is 9.96. The van der Waals surface area contributed by atoms with Crippen LogP contribution in [0.3, 0.4) is 0 Å². The van der Waals surface area contributed by atoms with E-state index in [2.05, 4.69) is 4.90 Å². The second kappa shape index (κ2) is 8.35. The summed E-state index contributed by atoms with van der Waals surface area (Å²) < 4.78 is 5.35. The van der Waals surface area contributed by atoms with Gasteiger partial charge in [0.05, 0.1) is 19.1 Å². The second-order valence-electron chi connectivity index (χ2n) is 6.47. The average Bonchev–Trinajstić information content (AvgIpc) is 2.62. The number of rotatable bonds is 4. The molecule has 23 heavy (non-hydrogen) atoms. The lowest BCUT2D eigenvalue weighted by molar-refractivity contribution is -0.143. The number of amides is 2. The molecule has 6 nitrogen and oxygen atoms in total. The Morgan fingerprint density at radius 2 is 1.87 bits per heavy atom. The third-order valence-corrected chi connectivity index (χ3v) is 5.90. The number of likely N-dealkylation sites (tertiary alicyclic amines) is 1. The summed E-state index contributed by atoms with van der Waals surface area (Å²) in [7, 11) is 0. The van der Waals surface area contributed by atoms with Gasteiger partial charge in [-0.15, -0.1) is 0 Å². The second-order valence-corrected chi connectivity index (χ2v) is 7.69. The van der Waals surface area contributed by atoms with Gasteiger partial charge >= 0.3 is 0 Å². The largest absolute Gasteiger partial charge is 0.379 e. The number of carbonyl (C=O) groups excluding carboxylic acids is 2. The minimum Gasteiger partial charge on any atom is -0.379 e. The van der Waals surface area contributed by atoms with Crippen LogP contribution in [0.5, 0.6) is 0 Å². The van der Waals surface area contributed by atoms with Crippen molar-refractivity contribution in [3.63, 3.8) is 0 Å². The standard InChI is InChI=1S/C16H27N3O3S/c20-15-2-1-14(16(21)18-7-11-23-12-8-18)13-19(15)4-3-17-5-9-22-10-6-17/h14H,1-13H2. The Kier molecular flexibility index (Phi) is 6.19. The Balaban J connectivity index is 1.49. The first-order chi connectivity index (χ1) is 11.2. The molecule has 0 N–H and O–H groups in total. The van der Waals surface area contributed by atoms with Gasteiger partial charge in [0.1, 0.15) is 0 Å². The minimum atomic E-state index is 0.000453. The van der Waals surface area contributed by atoms with Gasteiger partial charge in [-0.1, -0.05) is 0 Å². The van der Waals surface area contributed by atoms with Gasteiger partial charge in [-0.05, 0) is 6.42 Å². The molecule has 0 radical (unpaired) electrons. The number of thioether (sulfide) groups is 1. The number of morpholine rings is 1. The zero-order valence-electron chi connectivity index (χ0n) is 13.7. The molecule has 0 aromatic carbocycles. The van der Waals surface area contributed by atoms with E-state index >= 15 is 0 Å². The monoisotopic (exact) mass is 341 g/mol. The van der Waals surface area contributed by atoms with Gasteiger partial charge in [0.15, 0.2) is 0 Å². The van der Waals surface area contributed by atoms with Gasteiger partial charge < -0.3 is 14.5 Å². The van der Waals surface area contributed by atoms with Crippen molar-refractivity contribution < 1.29 is 14.3 Å². The average molecular weight is 341 g/mol. The highest BCUT2D eigenvalue weighted by Gasteiger charge is 2.33. The Labute approximate surface area is 142 Å². The van der Waals surface area contributed by atoms with Crippen LogP contribution in [0.2, 0.25) is 0 Å². The van der Waals surface area contributed by atoms with Crippen molar-refractivity contribution in [1.82, 2.24) is 14.7 Å². The van der Waals surface area contributed by atoms with Gasteiger partial charge in [0.2, 0.25) is 11.8 Å². The normalized spacial score (nSPS) is 27.3. The molecule has 0 spiro atoms.